The number of hydrogen-bond acceptors (Lipinski definition) is 3. The molecule has 0 aromatic carbocycles. The van der Waals surface area contributed by atoms with Crippen molar-refractivity contribution in [2.24, 2.45) is 17.8 Å². The highest BCUT2D eigenvalue weighted by molar-refractivity contribution is 5.74. The zero-order valence-electron chi connectivity index (χ0n) is 9.53. The third kappa shape index (κ3) is 1.57. The molecule has 4 atom stereocenters. The lowest BCUT2D eigenvalue weighted by Gasteiger charge is -2.37. The standard InChI is InChI=1S/C12H20O3/c1-3-10(11(13)15-2)12(14)7-8-4-5-9(12)6-8/h8-10,14H,3-7H2,1-2H3. The van der Waals surface area contributed by atoms with Gasteiger partial charge in [-0.1, -0.05) is 6.92 Å². The van der Waals surface area contributed by atoms with Gasteiger partial charge in [-0.15, -0.1) is 0 Å². The van der Waals surface area contributed by atoms with Crippen molar-refractivity contribution < 1.29 is 14.6 Å². The van der Waals surface area contributed by atoms with Crippen molar-refractivity contribution in [3.05, 3.63) is 0 Å². The van der Waals surface area contributed by atoms with Crippen LogP contribution >= 0.6 is 0 Å². The number of carbonyl (C=O) groups excluding carboxylic acids is 1. The number of ether oxygens (including phenoxy) is 1. The predicted molar refractivity (Wildman–Crippen MR) is 56.2 cm³/mol. The average Bonchev–Trinajstić information content (AvgIpc) is 2.78. The van der Waals surface area contributed by atoms with E-state index in [0.717, 1.165) is 19.3 Å². The van der Waals surface area contributed by atoms with E-state index in [0.29, 0.717) is 18.3 Å². The van der Waals surface area contributed by atoms with Crippen molar-refractivity contribution in [1.29, 1.82) is 0 Å². The Morgan fingerprint density at radius 3 is 2.73 bits per heavy atom. The SMILES string of the molecule is CCC(C(=O)OC)C1(O)CC2CCC1C2. The summed E-state index contributed by atoms with van der Waals surface area (Å²) in [5.74, 6) is 0.399. The van der Waals surface area contributed by atoms with Crippen LogP contribution in [0.2, 0.25) is 0 Å². The van der Waals surface area contributed by atoms with Crippen molar-refractivity contribution in [1.82, 2.24) is 0 Å². The van der Waals surface area contributed by atoms with Crippen molar-refractivity contribution in [3.8, 4) is 0 Å². The zero-order chi connectivity index (χ0) is 11.1. The Bertz CT molecular complexity index is 264. The van der Waals surface area contributed by atoms with E-state index in [2.05, 4.69) is 0 Å². The first kappa shape index (κ1) is 10.9. The highest BCUT2D eigenvalue weighted by Crippen LogP contribution is 2.54. The van der Waals surface area contributed by atoms with E-state index in [1.54, 1.807) is 0 Å². The Hall–Kier alpha value is -0.570. The van der Waals surface area contributed by atoms with Gasteiger partial charge < -0.3 is 9.84 Å². The lowest BCUT2D eigenvalue weighted by atomic mass is 9.74. The fourth-order valence-corrected chi connectivity index (χ4v) is 3.64. The van der Waals surface area contributed by atoms with Gasteiger partial charge in [0.2, 0.25) is 0 Å². The summed E-state index contributed by atoms with van der Waals surface area (Å²) in [6.45, 7) is 1.95. The normalized spacial score (nSPS) is 40.5. The second-order valence-corrected chi connectivity index (χ2v) is 5.06. The molecule has 3 heteroatoms. The molecule has 0 spiro atoms. The van der Waals surface area contributed by atoms with E-state index >= 15 is 0 Å². The van der Waals surface area contributed by atoms with E-state index in [9.17, 15) is 9.90 Å². The molecular formula is C12H20O3. The van der Waals surface area contributed by atoms with Crippen molar-refractivity contribution in [2.45, 2.75) is 44.6 Å². The summed E-state index contributed by atoms with van der Waals surface area (Å²) in [5, 5.41) is 10.6. The van der Waals surface area contributed by atoms with Crippen LogP contribution in [0, 0.1) is 17.8 Å². The third-order valence-electron chi connectivity index (χ3n) is 4.36. The molecule has 2 bridgehead atoms. The number of aliphatic hydroxyl groups is 1. The minimum atomic E-state index is -0.773. The Kier molecular flexibility index (Phi) is 2.75. The molecule has 0 aromatic rings. The van der Waals surface area contributed by atoms with Crippen LogP contribution in [0.3, 0.4) is 0 Å². The van der Waals surface area contributed by atoms with Crippen LogP contribution in [0.25, 0.3) is 0 Å². The Morgan fingerprint density at radius 1 is 1.60 bits per heavy atom. The number of carbonyl (C=O) groups is 1. The van der Waals surface area contributed by atoms with E-state index in [1.165, 1.54) is 13.5 Å². The molecule has 2 fully saturated rings. The molecule has 15 heavy (non-hydrogen) atoms. The molecule has 0 radical (unpaired) electrons. The van der Waals surface area contributed by atoms with Gasteiger partial charge in [0, 0.05) is 0 Å². The quantitative estimate of drug-likeness (QED) is 0.725. The van der Waals surface area contributed by atoms with Gasteiger partial charge in [0.1, 0.15) is 0 Å². The molecular weight excluding hydrogens is 192 g/mol. The molecule has 0 aromatic heterocycles. The average molecular weight is 212 g/mol. The van der Waals surface area contributed by atoms with Crippen molar-refractivity contribution >= 4 is 5.97 Å². The van der Waals surface area contributed by atoms with E-state index in [4.69, 9.17) is 4.74 Å². The second-order valence-electron chi connectivity index (χ2n) is 5.06. The summed E-state index contributed by atoms with van der Waals surface area (Å²) in [7, 11) is 1.40. The first-order valence-electron chi connectivity index (χ1n) is 5.92. The monoisotopic (exact) mass is 212 g/mol. The van der Waals surface area contributed by atoms with Crippen LogP contribution in [-0.2, 0) is 9.53 Å². The maximum absolute atomic E-state index is 11.6. The van der Waals surface area contributed by atoms with E-state index in [1.807, 2.05) is 6.92 Å². The molecule has 2 aliphatic rings. The predicted octanol–water partition coefficient (Wildman–Crippen LogP) is 1.74. The molecule has 1 N–H and O–H groups in total. The van der Waals surface area contributed by atoms with Gasteiger partial charge in [-0.2, -0.15) is 0 Å². The number of methoxy groups -OCH3 is 1. The lowest BCUT2D eigenvalue weighted by molar-refractivity contribution is -0.160. The molecule has 0 saturated heterocycles. The fraction of sp³-hybridized carbons (Fsp3) is 0.917. The molecule has 4 unspecified atom stereocenters. The molecule has 3 nitrogen and oxygen atoms in total. The van der Waals surface area contributed by atoms with Crippen LogP contribution in [0.4, 0.5) is 0 Å². The number of fused-ring (bicyclic) bond motifs is 2. The van der Waals surface area contributed by atoms with Crippen molar-refractivity contribution in [2.75, 3.05) is 7.11 Å². The summed E-state index contributed by atoms with van der Waals surface area (Å²) in [5.41, 5.74) is -0.773. The Balaban J connectivity index is 2.17. The molecule has 0 amide bonds. The minimum Gasteiger partial charge on any atom is -0.469 e. The molecule has 86 valence electrons. The first-order chi connectivity index (χ1) is 7.11. The van der Waals surface area contributed by atoms with E-state index in [-0.39, 0.29) is 11.9 Å². The van der Waals surface area contributed by atoms with Gasteiger partial charge in [-0.25, -0.2) is 0 Å². The smallest absolute Gasteiger partial charge is 0.311 e. The van der Waals surface area contributed by atoms with Crippen molar-refractivity contribution in [3.63, 3.8) is 0 Å². The number of hydrogen-bond donors (Lipinski definition) is 1. The van der Waals surface area contributed by atoms with Gasteiger partial charge in [0.15, 0.2) is 0 Å². The second kappa shape index (κ2) is 3.78. The maximum atomic E-state index is 11.6. The van der Waals surface area contributed by atoms with Gasteiger partial charge in [-0.05, 0) is 43.9 Å². The Labute approximate surface area is 90.8 Å². The fourth-order valence-electron chi connectivity index (χ4n) is 3.64. The summed E-state index contributed by atoms with van der Waals surface area (Å²) >= 11 is 0. The largest absolute Gasteiger partial charge is 0.469 e. The van der Waals surface area contributed by atoms with Gasteiger partial charge in [0.05, 0.1) is 18.6 Å². The first-order valence-corrected chi connectivity index (χ1v) is 5.92. The van der Waals surface area contributed by atoms with Gasteiger partial charge in [0.25, 0.3) is 0 Å². The summed E-state index contributed by atoms with van der Waals surface area (Å²) < 4.78 is 4.79. The molecule has 2 saturated carbocycles. The van der Waals surface area contributed by atoms with Crippen LogP contribution in [0.15, 0.2) is 0 Å². The third-order valence-corrected chi connectivity index (χ3v) is 4.36. The highest BCUT2D eigenvalue weighted by atomic mass is 16.5. The maximum Gasteiger partial charge on any atom is 0.311 e. The molecule has 2 rings (SSSR count). The van der Waals surface area contributed by atoms with Gasteiger partial charge in [-0.3, -0.25) is 4.79 Å². The molecule has 0 aliphatic heterocycles. The lowest BCUT2D eigenvalue weighted by Crippen LogP contribution is -2.46. The van der Waals surface area contributed by atoms with Crippen LogP contribution in [0.5, 0.6) is 0 Å². The summed E-state index contributed by atoms with van der Waals surface area (Å²) in [4.78, 5) is 11.6. The molecule has 2 aliphatic carbocycles. The van der Waals surface area contributed by atoms with Crippen LogP contribution in [-0.4, -0.2) is 23.8 Å². The van der Waals surface area contributed by atoms with Crippen LogP contribution in [0.1, 0.15) is 39.0 Å². The minimum absolute atomic E-state index is 0.243. The summed E-state index contributed by atoms with van der Waals surface area (Å²) in [6, 6.07) is 0. The van der Waals surface area contributed by atoms with E-state index < -0.39 is 5.60 Å². The van der Waals surface area contributed by atoms with Crippen LogP contribution < -0.4 is 0 Å². The zero-order valence-corrected chi connectivity index (χ0v) is 9.53. The topological polar surface area (TPSA) is 46.5 Å². The van der Waals surface area contributed by atoms with Gasteiger partial charge >= 0.3 is 5.97 Å². The Morgan fingerprint density at radius 2 is 2.33 bits per heavy atom. The number of esters is 1. The summed E-state index contributed by atoms with van der Waals surface area (Å²) in [6.07, 6.45) is 4.88. The number of rotatable bonds is 3. The molecule has 0 heterocycles. The highest BCUT2D eigenvalue weighted by Gasteiger charge is 2.55.